The van der Waals surface area contributed by atoms with Crippen molar-refractivity contribution < 1.29 is 15.1 Å². The first kappa shape index (κ1) is 19.2. The third-order valence-electron chi connectivity index (χ3n) is 5.89. The van der Waals surface area contributed by atoms with Gasteiger partial charge in [-0.2, -0.15) is 0 Å². The summed E-state index contributed by atoms with van der Waals surface area (Å²) in [4.78, 5) is 17.3. The number of nitro benzene ring substituents is 1. The highest BCUT2D eigenvalue weighted by atomic mass is 32.1. The van der Waals surface area contributed by atoms with Crippen molar-refractivity contribution in [2.75, 3.05) is 32.7 Å². The van der Waals surface area contributed by atoms with Crippen LogP contribution in [0.4, 0.5) is 5.69 Å². The smallest absolute Gasteiger partial charge is 0.270 e. The molecule has 0 amide bonds. The zero-order valence-electron chi connectivity index (χ0n) is 16.0. The first-order valence-electron chi connectivity index (χ1n) is 10.2. The molecule has 0 unspecified atom stereocenters. The van der Waals surface area contributed by atoms with E-state index in [1.165, 1.54) is 43.5 Å². The van der Waals surface area contributed by atoms with Crippen LogP contribution in [0.3, 0.4) is 0 Å². The summed E-state index contributed by atoms with van der Waals surface area (Å²) in [6.07, 6.45) is 4.31. The number of nitrogens with one attached hydrogen (secondary N) is 1. The van der Waals surface area contributed by atoms with Gasteiger partial charge in [-0.3, -0.25) is 10.1 Å². The first-order chi connectivity index (χ1) is 13.6. The van der Waals surface area contributed by atoms with Gasteiger partial charge in [-0.05, 0) is 25.7 Å². The molecule has 148 valence electrons. The number of benzene rings is 1. The van der Waals surface area contributed by atoms with Gasteiger partial charge >= 0.3 is 0 Å². The lowest BCUT2D eigenvalue weighted by Gasteiger charge is -2.27. The SMILES string of the molecule is O=[N+]([O-])c1cccc(-c2nc(=S)c3c(n2CC[NH+]2CC[NH2+]CC2)CCCC3)c1. The molecule has 0 bridgehead atoms. The van der Waals surface area contributed by atoms with E-state index in [0.717, 1.165) is 50.2 Å². The van der Waals surface area contributed by atoms with E-state index in [9.17, 15) is 10.1 Å². The van der Waals surface area contributed by atoms with Crippen LogP contribution in [0.1, 0.15) is 24.1 Å². The van der Waals surface area contributed by atoms with E-state index in [0.29, 0.717) is 4.64 Å². The molecule has 7 nitrogen and oxygen atoms in total. The Morgan fingerprint density at radius 2 is 2.04 bits per heavy atom. The number of fused-ring (bicyclic) bond motifs is 1. The van der Waals surface area contributed by atoms with Gasteiger partial charge in [-0.15, -0.1) is 0 Å². The second kappa shape index (κ2) is 8.46. The van der Waals surface area contributed by atoms with Crippen molar-refractivity contribution in [1.29, 1.82) is 0 Å². The number of nitrogens with two attached hydrogens (primary N) is 1. The molecule has 3 N–H and O–H groups in total. The van der Waals surface area contributed by atoms with Crippen LogP contribution in [0.25, 0.3) is 11.4 Å². The molecule has 1 aromatic heterocycles. The van der Waals surface area contributed by atoms with Gasteiger partial charge in [0, 0.05) is 29.0 Å². The maximum absolute atomic E-state index is 11.3. The number of rotatable bonds is 5. The van der Waals surface area contributed by atoms with Gasteiger partial charge in [0.05, 0.1) is 18.0 Å². The van der Waals surface area contributed by atoms with E-state index >= 15 is 0 Å². The number of hydrogen-bond acceptors (Lipinski definition) is 4. The molecule has 2 heterocycles. The van der Waals surface area contributed by atoms with Crippen LogP contribution >= 0.6 is 12.2 Å². The van der Waals surface area contributed by atoms with Crippen LogP contribution in [0.15, 0.2) is 24.3 Å². The molecule has 2 aromatic rings. The first-order valence-corrected chi connectivity index (χ1v) is 10.6. The molecular weight excluding hydrogens is 374 g/mol. The van der Waals surface area contributed by atoms with Crippen molar-refractivity contribution in [2.45, 2.75) is 32.2 Å². The maximum atomic E-state index is 11.3. The molecule has 0 radical (unpaired) electrons. The second-order valence-electron chi connectivity index (χ2n) is 7.70. The molecule has 1 saturated heterocycles. The molecule has 8 heteroatoms. The van der Waals surface area contributed by atoms with Crippen molar-refractivity contribution in [2.24, 2.45) is 0 Å². The van der Waals surface area contributed by atoms with Crippen molar-refractivity contribution >= 4 is 17.9 Å². The van der Waals surface area contributed by atoms with Crippen LogP contribution in [0, 0.1) is 14.8 Å². The Morgan fingerprint density at radius 3 is 2.82 bits per heavy atom. The number of nitrogens with zero attached hydrogens (tertiary/aromatic N) is 3. The third-order valence-corrected chi connectivity index (χ3v) is 6.23. The largest absolute Gasteiger partial charge is 0.337 e. The fraction of sp³-hybridized carbons (Fsp3) is 0.500. The van der Waals surface area contributed by atoms with Crippen LogP contribution in [-0.2, 0) is 19.4 Å². The molecule has 0 spiro atoms. The number of piperazine rings is 1. The summed E-state index contributed by atoms with van der Waals surface area (Å²) in [6, 6.07) is 6.77. The normalized spacial score (nSPS) is 17.3. The van der Waals surface area contributed by atoms with Crippen LogP contribution in [-0.4, -0.2) is 47.2 Å². The fourth-order valence-corrected chi connectivity index (χ4v) is 4.70. The monoisotopic (exact) mass is 401 g/mol. The maximum Gasteiger partial charge on any atom is 0.270 e. The fourth-order valence-electron chi connectivity index (χ4n) is 4.39. The molecule has 28 heavy (non-hydrogen) atoms. The highest BCUT2D eigenvalue weighted by Gasteiger charge is 2.22. The lowest BCUT2D eigenvalue weighted by Crippen LogP contribution is -3.20. The van der Waals surface area contributed by atoms with Gasteiger partial charge in [0.1, 0.15) is 36.6 Å². The highest BCUT2D eigenvalue weighted by Crippen LogP contribution is 2.28. The number of nitro groups is 1. The van der Waals surface area contributed by atoms with Gasteiger partial charge in [-0.25, -0.2) is 4.98 Å². The lowest BCUT2D eigenvalue weighted by molar-refractivity contribution is -0.947. The molecule has 0 atom stereocenters. The Morgan fingerprint density at radius 1 is 1.25 bits per heavy atom. The average Bonchev–Trinajstić information content (AvgIpc) is 2.74. The predicted molar refractivity (Wildman–Crippen MR) is 109 cm³/mol. The zero-order chi connectivity index (χ0) is 19.5. The summed E-state index contributed by atoms with van der Waals surface area (Å²) in [5.74, 6) is 0.775. The van der Waals surface area contributed by atoms with E-state index in [2.05, 4.69) is 9.88 Å². The minimum atomic E-state index is -0.352. The Kier molecular flexibility index (Phi) is 5.79. The predicted octanol–water partition coefficient (Wildman–Crippen LogP) is 0.528. The Hall–Kier alpha value is -2.16. The summed E-state index contributed by atoms with van der Waals surface area (Å²) in [7, 11) is 0. The van der Waals surface area contributed by atoms with E-state index in [4.69, 9.17) is 17.2 Å². The molecule has 1 fully saturated rings. The van der Waals surface area contributed by atoms with Gasteiger partial charge in [0.15, 0.2) is 0 Å². The van der Waals surface area contributed by atoms with Crippen LogP contribution in [0.5, 0.6) is 0 Å². The Bertz CT molecular complexity index is 937. The molecule has 2 aliphatic rings. The summed E-state index contributed by atoms with van der Waals surface area (Å²) in [6.45, 7) is 6.64. The topological polar surface area (TPSA) is 82.0 Å². The van der Waals surface area contributed by atoms with Crippen molar-refractivity contribution in [3.05, 3.63) is 50.3 Å². The van der Waals surface area contributed by atoms with Crippen molar-refractivity contribution in [3.8, 4) is 11.4 Å². The summed E-state index contributed by atoms with van der Waals surface area (Å²) in [5.41, 5.74) is 3.36. The number of quaternary nitrogens is 2. The minimum Gasteiger partial charge on any atom is -0.337 e. The average molecular weight is 402 g/mol. The third kappa shape index (κ3) is 3.99. The van der Waals surface area contributed by atoms with Crippen LogP contribution in [0.2, 0.25) is 0 Å². The van der Waals surface area contributed by atoms with Gasteiger partial charge in [0.2, 0.25) is 0 Å². The molecule has 0 saturated carbocycles. The lowest BCUT2D eigenvalue weighted by atomic mass is 9.96. The Labute approximate surface area is 169 Å². The summed E-state index contributed by atoms with van der Waals surface area (Å²) < 4.78 is 2.96. The molecule has 1 aromatic carbocycles. The molecule has 1 aliphatic carbocycles. The summed E-state index contributed by atoms with van der Waals surface area (Å²) in [5, 5.41) is 13.6. The second-order valence-corrected chi connectivity index (χ2v) is 8.08. The molecule has 4 rings (SSSR count). The van der Waals surface area contributed by atoms with Gasteiger partial charge in [-0.1, -0.05) is 24.4 Å². The number of non-ortho nitro benzene ring substituents is 1. The van der Waals surface area contributed by atoms with E-state index in [1.807, 2.05) is 6.07 Å². The highest BCUT2D eigenvalue weighted by molar-refractivity contribution is 7.71. The van der Waals surface area contributed by atoms with Crippen LogP contribution < -0.4 is 10.2 Å². The van der Waals surface area contributed by atoms with Crippen molar-refractivity contribution in [3.63, 3.8) is 0 Å². The van der Waals surface area contributed by atoms with Gasteiger partial charge < -0.3 is 14.8 Å². The van der Waals surface area contributed by atoms with E-state index in [1.54, 1.807) is 17.0 Å². The quantitative estimate of drug-likeness (QED) is 0.435. The van der Waals surface area contributed by atoms with E-state index in [-0.39, 0.29) is 10.6 Å². The number of aromatic nitrogens is 2. The van der Waals surface area contributed by atoms with Crippen molar-refractivity contribution in [1.82, 2.24) is 9.55 Å². The number of hydrogen-bond donors (Lipinski definition) is 2. The summed E-state index contributed by atoms with van der Waals surface area (Å²) >= 11 is 5.61. The standard InChI is InChI=1S/C20H25N5O2S/c26-25(27)16-5-3-4-15(14-16)19-22-20(28)17-6-1-2-7-18(17)24(19)13-12-23-10-8-21-9-11-23/h3-5,14,21H,1-2,6-13H2/p+2. The molecule has 1 aliphatic heterocycles. The Balaban J connectivity index is 1.76. The minimum absolute atomic E-state index is 0.0895. The zero-order valence-corrected chi connectivity index (χ0v) is 16.8. The van der Waals surface area contributed by atoms with Gasteiger partial charge in [0.25, 0.3) is 5.69 Å². The van der Waals surface area contributed by atoms with E-state index < -0.39 is 0 Å². The molecular formula is C20H27N5O2S+2.